The zero-order chi connectivity index (χ0) is 22.5. The molecule has 0 amide bonds. The first-order valence-corrected chi connectivity index (χ1v) is 11.0. The van der Waals surface area contributed by atoms with Gasteiger partial charge in [0.2, 0.25) is 0 Å². The first-order valence-electron chi connectivity index (χ1n) is 10.2. The molecule has 0 bridgehead atoms. The molecule has 9 heteroatoms. The van der Waals surface area contributed by atoms with E-state index in [0.717, 1.165) is 11.1 Å². The van der Waals surface area contributed by atoms with Gasteiger partial charge in [-0.15, -0.1) is 0 Å². The van der Waals surface area contributed by atoms with Gasteiger partial charge >= 0.3 is 5.69 Å². The van der Waals surface area contributed by atoms with E-state index in [2.05, 4.69) is 20.9 Å². The number of nitrogens with zero attached hydrogens (tertiary/aromatic N) is 2. The Morgan fingerprint density at radius 2 is 1.69 bits per heavy atom. The molecule has 1 fully saturated rings. The summed E-state index contributed by atoms with van der Waals surface area (Å²) in [6, 6.07) is 19.4. The van der Waals surface area contributed by atoms with Gasteiger partial charge in [0.1, 0.15) is 24.1 Å². The van der Waals surface area contributed by atoms with Gasteiger partial charge in [0.15, 0.2) is 6.23 Å². The largest absolute Gasteiger partial charge is 0.386 e. The van der Waals surface area contributed by atoms with Crippen LogP contribution in [0, 0.1) is 0 Å². The number of benzene rings is 2. The summed E-state index contributed by atoms with van der Waals surface area (Å²) < 4.78 is 19.6. The van der Waals surface area contributed by atoms with E-state index >= 15 is 0 Å². The van der Waals surface area contributed by atoms with Crippen LogP contribution in [0.1, 0.15) is 17.4 Å². The highest BCUT2D eigenvalue weighted by Crippen LogP contribution is 2.32. The van der Waals surface area contributed by atoms with Gasteiger partial charge in [-0.2, -0.15) is 4.98 Å². The number of aliphatic hydroxyl groups excluding tert-OH is 1. The third-order valence-corrected chi connectivity index (χ3v) is 5.81. The Morgan fingerprint density at radius 1 is 1.06 bits per heavy atom. The van der Waals surface area contributed by atoms with Gasteiger partial charge in [-0.3, -0.25) is 4.57 Å². The second-order valence-electron chi connectivity index (χ2n) is 7.48. The van der Waals surface area contributed by atoms with Crippen LogP contribution < -0.4 is 11.4 Å². The normalized spacial score (nSPS) is 22.8. The second kappa shape index (κ2) is 10.4. The maximum absolute atomic E-state index is 12.4. The molecule has 168 valence electrons. The van der Waals surface area contributed by atoms with Gasteiger partial charge in [0.05, 0.1) is 24.3 Å². The first kappa shape index (κ1) is 22.6. The molecule has 4 atom stereocenters. The highest BCUT2D eigenvalue weighted by molar-refractivity contribution is 9.10. The average Bonchev–Trinajstić information content (AvgIpc) is 3.11. The number of nitrogen functional groups attached to an aromatic ring is 1. The molecular weight excluding hydrogens is 478 g/mol. The fourth-order valence-corrected chi connectivity index (χ4v) is 3.87. The van der Waals surface area contributed by atoms with E-state index < -0.39 is 30.2 Å². The number of nitrogens with two attached hydrogens (primary N) is 1. The summed E-state index contributed by atoms with van der Waals surface area (Å²) in [7, 11) is 0. The minimum absolute atomic E-state index is 0.0679. The number of aromatic nitrogens is 2. The monoisotopic (exact) mass is 501 g/mol. The number of anilines is 1. The summed E-state index contributed by atoms with van der Waals surface area (Å²) in [5.74, 6) is 0.0679. The molecule has 0 aliphatic carbocycles. The van der Waals surface area contributed by atoms with Crippen LogP contribution in [0.5, 0.6) is 0 Å². The van der Waals surface area contributed by atoms with Gasteiger partial charge in [0.25, 0.3) is 0 Å². The molecule has 4 unspecified atom stereocenters. The lowest BCUT2D eigenvalue weighted by atomic mass is 10.1. The van der Waals surface area contributed by atoms with Crippen molar-refractivity contribution in [2.45, 2.75) is 37.8 Å². The zero-order valence-corrected chi connectivity index (χ0v) is 18.8. The van der Waals surface area contributed by atoms with E-state index in [-0.39, 0.29) is 19.0 Å². The van der Waals surface area contributed by atoms with Crippen molar-refractivity contribution in [3.05, 3.63) is 92.9 Å². The molecule has 32 heavy (non-hydrogen) atoms. The van der Waals surface area contributed by atoms with Crippen LogP contribution in [-0.2, 0) is 27.4 Å². The topological polar surface area (TPSA) is 109 Å². The molecule has 1 saturated heterocycles. The quantitative estimate of drug-likeness (QED) is 0.488. The Kier molecular flexibility index (Phi) is 7.33. The van der Waals surface area contributed by atoms with E-state index in [9.17, 15) is 9.90 Å². The van der Waals surface area contributed by atoms with Gasteiger partial charge < -0.3 is 25.1 Å². The predicted octanol–water partition coefficient (Wildman–Crippen LogP) is 2.65. The lowest BCUT2D eigenvalue weighted by Crippen LogP contribution is -2.38. The summed E-state index contributed by atoms with van der Waals surface area (Å²) in [4.78, 5) is 16.2. The molecule has 3 aromatic rings. The number of rotatable bonds is 8. The highest BCUT2D eigenvalue weighted by atomic mass is 79.9. The molecule has 3 N–H and O–H groups in total. The van der Waals surface area contributed by atoms with E-state index in [0.29, 0.717) is 11.1 Å². The van der Waals surface area contributed by atoms with Gasteiger partial charge in [0, 0.05) is 6.20 Å². The number of ether oxygens (including phenoxy) is 3. The SMILES string of the molecule is Nc1nc(=O)n(C2OC(COCc3ccccc3)C(OCc3ccccc3)C2O)cc1Br. The molecule has 0 spiro atoms. The number of aliphatic hydroxyl groups is 1. The van der Waals surface area contributed by atoms with E-state index in [4.69, 9.17) is 19.9 Å². The summed E-state index contributed by atoms with van der Waals surface area (Å²) in [5.41, 5.74) is 7.05. The van der Waals surface area contributed by atoms with Crippen molar-refractivity contribution < 1.29 is 19.3 Å². The average molecular weight is 502 g/mol. The molecular formula is C23H24BrN3O5. The van der Waals surface area contributed by atoms with E-state index in [1.165, 1.54) is 10.8 Å². The van der Waals surface area contributed by atoms with Crippen LogP contribution in [0.3, 0.4) is 0 Å². The Balaban J connectivity index is 1.51. The summed E-state index contributed by atoms with van der Waals surface area (Å²) in [5, 5.41) is 11.0. The van der Waals surface area contributed by atoms with Crippen LogP contribution in [0.2, 0.25) is 0 Å². The van der Waals surface area contributed by atoms with Gasteiger partial charge in [-0.05, 0) is 27.1 Å². The molecule has 1 aliphatic heterocycles. The Bertz CT molecular complexity index is 1080. The van der Waals surface area contributed by atoms with Crippen molar-refractivity contribution in [1.29, 1.82) is 0 Å². The second-order valence-corrected chi connectivity index (χ2v) is 8.34. The van der Waals surface area contributed by atoms with Crippen molar-refractivity contribution in [3.63, 3.8) is 0 Å². The first-order chi connectivity index (χ1) is 15.5. The fraction of sp³-hybridized carbons (Fsp3) is 0.304. The fourth-order valence-electron chi connectivity index (χ4n) is 3.56. The van der Waals surface area contributed by atoms with Gasteiger partial charge in [-0.1, -0.05) is 60.7 Å². The van der Waals surface area contributed by atoms with Crippen LogP contribution in [-0.4, -0.2) is 39.6 Å². The van der Waals surface area contributed by atoms with Crippen LogP contribution in [0.4, 0.5) is 5.82 Å². The molecule has 1 aromatic heterocycles. The van der Waals surface area contributed by atoms with Crippen molar-refractivity contribution in [2.24, 2.45) is 0 Å². The lowest BCUT2D eigenvalue weighted by molar-refractivity contribution is -0.0833. The lowest BCUT2D eigenvalue weighted by Gasteiger charge is -2.21. The smallest absolute Gasteiger partial charge is 0.351 e. The van der Waals surface area contributed by atoms with E-state index in [1.807, 2.05) is 60.7 Å². The third-order valence-electron chi connectivity index (χ3n) is 5.20. The summed E-state index contributed by atoms with van der Waals surface area (Å²) >= 11 is 3.27. The summed E-state index contributed by atoms with van der Waals surface area (Å²) in [6.45, 7) is 0.856. The van der Waals surface area contributed by atoms with Crippen LogP contribution >= 0.6 is 15.9 Å². The van der Waals surface area contributed by atoms with E-state index in [1.54, 1.807) is 0 Å². The Hall–Kier alpha value is -2.56. The maximum Gasteiger partial charge on any atom is 0.351 e. The van der Waals surface area contributed by atoms with Crippen molar-refractivity contribution in [1.82, 2.24) is 9.55 Å². The minimum Gasteiger partial charge on any atom is -0.386 e. The highest BCUT2D eigenvalue weighted by Gasteiger charge is 2.46. The molecule has 2 aromatic carbocycles. The Labute approximate surface area is 193 Å². The molecule has 1 aliphatic rings. The molecule has 4 rings (SSSR count). The zero-order valence-electron chi connectivity index (χ0n) is 17.2. The number of halogens is 1. The van der Waals surface area contributed by atoms with Crippen molar-refractivity contribution >= 4 is 21.7 Å². The number of hydrogen-bond acceptors (Lipinski definition) is 7. The van der Waals surface area contributed by atoms with Crippen molar-refractivity contribution in [2.75, 3.05) is 12.3 Å². The van der Waals surface area contributed by atoms with Crippen molar-refractivity contribution in [3.8, 4) is 0 Å². The number of hydrogen-bond donors (Lipinski definition) is 2. The van der Waals surface area contributed by atoms with Crippen LogP contribution in [0.15, 0.2) is 76.1 Å². The maximum atomic E-state index is 12.4. The third kappa shape index (κ3) is 5.25. The molecule has 2 heterocycles. The summed E-state index contributed by atoms with van der Waals surface area (Å²) in [6.07, 6.45) is -1.94. The molecule has 8 nitrogen and oxygen atoms in total. The van der Waals surface area contributed by atoms with Crippen LogP contribution in [0.25, 0.3) is 0 Å². The Morgan fingerprint density at radius 3 is 2.34 bits per heavy atom. The van der Waals surface area contributed by atoms with Gasteiger partial charge in [-0.25, -0.2) is 4.79 Å². The predicted molar refractivity (Wildman–Crippen MR) is 122 cm³/mol. The minimum atomic E-state index is -1.11. The molecule has 0 radical (unpaired) electrons. The standard InChI is InChI=1S/C23H24BrN3O5/c24-17-11-27(23(29)26-21(17)25)22-19(28)20(31-13-16-9-5-2-6-10-16)18(32-22)14-30-12-15-7-3-1-4-8-15/h1-11,18-20,22,28H,12-14H2,(H2,25,26,29). The molecule has 0 saturated carbocycles.